The molecule has 0 saturated carbocycles. The van der Waals surface area contributed by atoms with E-state index in [0.717, 1.165) is 83.0 Å². The molecule has 8 aromatic carbocycles. The minimum absolute atomic E-state index is 0.602. The topological polar surface area (TPSA) is 56.7 Å². The molecule has 11 aromatic rings. The van der Waals surface area contributed by atoms with E-state index in [0.29, 0.717) is 17.5 Å². The van der Waals surface area contributed by atoms with Crippen LogP contribution in [0, 0.1) is 0 Å². The Labute approximate surface area is 322 Å². The lowest BCUT2D eigenvalue weighted by Gasteiger charge is -2.10. The zero-order chi connectivity index (χ0) is 37.0. The van der Waals surface area contributed by atoms with Crippen molar-refractivity contribution in [2.75, 3.05) is 0 Å². The molecule has 0 N–H and O–H groups in total. The van der Waals surface area contributed by atoms with Gasteiger partial charge in [-0.2, -0.15) is 0 Å². The van der Waals surface area contributed by atoms with Crippen molar-refractivity contribution >= 4 is 43.7 Å². The van der Waals surface area contributed by atoms with Gasteiger partial charge in [0.15, 0.2) is 17.5 Å². The minimum atomic E-state index is 0.602. The van der Waals surface area contributed by atoms with Gasteiger partial charge in [-0.1, -0.05) is 152 Å². The highest BCUT2D eigenvalue weighted by atomic mass is 16.3. The van der Waals surface area contributed by atoms with Gasteiger partial charge in [0.05, 0.1) is 11.0 Å². The Balaban J connectivity index is 1.07. The van der Waals surface area contributed by atoms with Crippen LogP contribution < -0.4 is 0 Å². The lowest BCUT2D eigenvalue weighted by molar-refractivity contribution is 0.671. The maximum Gasteiger partial charge on any atom is 0.164 e. The predicted molar refractivity (Wildman–Crippen MR) is 229 cm³/mol. The van der Waals surface area contributed by atoms with E-state index in [1.165, 1.54) is 5.39 Å². The van der Waals surface area contributed by atoms with Gasteiger partial charge in [-0.05, 0) is 53.6 Å². The van der Waals surface area contributed by atoms with E-state index in [1.807, 2.05) is 36.4 Å². The maximum absolute atomic E-state index is 6.78. The van der Waals surface area contributed by atoms with Crippen LogP contribution in [0.4, 0.5) is 0 Å². The molecular formula is C51H32N4O. The minimum Gasteiger partial charge on any atom is -0.455 e. The second-order valence-electron chi connectivity index (χ2n) is 14.0. The lowest BCUT2D eigenvalue weighted by atomic mass is 9.99. The summed E-state index contributed by atoms with van der Waals surface area (Å²) in [5, 5.41) is 4.49. The van der Waals surface area contributed by atoms with Crippen molar-refractivity contribution < 1.29 is 4.42 Å². The third-order valence-electron chi connectivity index (χ3n) is 10.7. The van der Waals surface area contributed by atoms with Gasteiger partial charge in [-0.15, -0.1) is 0 Å². The van der Waals surface area contributed by atoms with E-state index in [4.69, 9.17) is 19.4 Å². The fourth-order valence-corrected chi connectivity index (χ4v) is 8.04. The third kappa shape index (κ3) is 5.29. The SMILES string of the molecule is c1ccc(-c2nc(-c3cccc(-c4cccc5c4oc4c(-c6ccccc6)cccc45)c3)nc(-c3ccc4c(c3)c3ccccc3n4-c3ccccc3)n2)cc1. The molecule has 0 bridgehead atoms. The molecule has 0 unspecified atom stereocenters. The van der Waals surface area contributed by atoms with Crippen LogP contribution in [0.3, 0.4) is 0 Å². The normalized spacial score (nSPS) is 11.6. The predicted octanol–water partition coefficient (Wildman–Crippen LogP) is 13.2. The number of rotatable bonds is 6. The molecule has 5 heteroatoms. The van der Waals surface area contributed by atoms with Gasteiger partial charge in [0.25, 0.3) is 0 Å². The molecule has 11 rings (SSSR count). The smallest absolute Gasteiger partial charge is 0.164 e. The van der Waals surface area contributed by atoms with Gasteiger partial charge in [-0.3, -0.25) is 0 Å². The van der Waals surface area contributed by atoms with Gasteiger partial charge in [-0.25, -0.2) is 15.0 Å². The number of hydrogen-bond donors (Lipinski definition) is 0. The number of fused-ring (bicyclic) bond motifs is 6. The summed E-state index contributed by atoms with van der Waals surface area (Å²) >= 11 is 0. The summed E-state index contributed by atoms with van der Waals surface area (Å²) in [5.41, 5.74) is 12.1. The van der Waals surface area contributed by atoms with Crippen molar-refractivity contribution in [1.82, 2.24) is 19.5 Å². The summed E-state index contributed by atoms with van der Waals surface area (Å²) in [6, 6.07) is 67.3. The van der Waals surface area contributed by atoms with E-state index in [1.54, 1.807) is 0 Å². The standard InChI is InChI=1S/C51H32N4O/c1-4-15-33(16-5-1)39-24-13-26-42-43-27-14-25-40(48(43)56-47(39)42)35-19-12-20-36(31-35)50-52-49(34-17-6-2-7-18-34)53-51(54-50)37-29-30-46-44(32-37)41-23-10-11-28-45(41)55(46)38-21-8-3-9-22-38/h1-32H. The molecule has 0 aliphatic heterocycles. The number of aromatic nitrogens is 4. The first-order valence-corrected chi connectivity index (χ1v) is 18.8. The zero-order valence-corrected chi connectivity index (χ0v) is 30.2. The summed E-state index contributed by atoms with van der Waals surface area (Å²) in [6.45, 7) is 0. The largest absolute Gasteiger partial charge is 0.455 e. The fourth-order valence-electron chi connectivity index (χ4n) is 8.04. The van der Waals surface area contributed by atoms with Crippen molar-refractivity contribution in [2.45, 2.75) is 0 Å². The average Bonchev–Trinajstić information content (AvgIpc) is 3.83. The molecule has 0 aliphatic rings. The number of hydrogen-bond acceptors (Lipinski definition) is 4. The summed E-state index contributed by atoms with van der Waals surface area (Å²) in [6.07, 6.45) is 0. The van der Waals surface area contributed by atoms with Gasteiger partial charge >= 0.3 is 0 Å². The summed E-state index contributed by atoms with van der Waals surface area (Å²) in [5.74, 6) is 1.84. The highest BCUT2D eigenvalue weighted by molar-refractivity contribution is 6.13. The van der Waals surface area contributed by atoms with E-state index in [-0.39, 0.29) is 0 Å². The van der Waals surface area contributed by atoms with Crippen molar-refractivity contribution in [2.24, 2.45) is 0 Å². The van der Waals surface area contributed by atoms with E-state index >= 15 is 0 Å². The van der Waals surface area contributed by atoms with Crippen molar-refractivity contribution in [1.29, 1.82) is 0 Å². The molecule has 0 aliphatic carbocycles. The molecule has 0 saturated heterocycles. The summed E-state index contributed by atoms with van der Waals surface area (Å²) < 4.78 is 9.09. The van der Waals surface area contributed by atoms with Crippen LogP contribution in [0.5, 0.6) is 0 Å². The highest BCUT2D eigenvalue weighted by Gasteiger charge is 2.19. The number of furan rings is 1. The van der Waals surface area contributed by atoms with Crippen LogP contribution in [0.2, 0.25) is 0 Å². The first kappa shape index (κ1) is 31.9. The maximum atomic E-state index is 6.78. The van der Waals surface area contributed by atoms with Crippen LogP contribution >= 0.6 is 0 Å². The Hall–Kier alpha value is -7.63. The third-order valence-corrected chi connectivity index (χ3v) is 10.7. The second kappa shape index (κ2) is 13.0. The molecule has 3 heterocycles. The second-order valence-corrected chi connectivity index (χ2v) is 14.0. The average molecular weight is 717 g/mol. The van der Waals surface area contributed by atoms with Crippen LogP contribution in [-0.4, -0.2) is 19.5 Å². The number of benzene rings is 8. The van der Waals surface area contributed by atoms with Crippen molar-refractivity contribution in [3.05, 3.63) is 194 Å². The summed E-state index contributed by atoms with van der Waals surface area (Å²) in [7, 11) is 0. The Bertz CT molecular complexity index is 3240. The van der Waals surface area contributed by atoms with E-state index in [9.17, 15) is 0 Å². The molecule has 0 atom stereocenters. The van der Waals surface area contributed by atoms with Crippen LogP contribution in [0.1, 0.15) is 0 Å². The van der Waals surface area contributed by atoms with Gasteiger partial charge in [0.1, 0.15) is 11.2 Å². The van der Waals surface area contributed by atoms with Gasteiger partial charge < -0.3 is 8.98 Å². The van der Waals surface area contributed by atoms with Crippen molar-refractivity contribution in [3.63, 3.8) is 0 Å². The number of nitrogens with zero attached hydrogens (tertiary/aromatic N) is 4. The van der Waals surface area contributed by atoms with E-state index in [2.05, 4.69) is 162 Å². The molecule has 56 heavy (non-hydrogen) atoms. The lowest BCUT2D eigenvalue weighted by Crippen LogP contribution is -2.00. The molecule has 0 radical (unpaired) electrons. The summed E-state index contributed by atoms with van der Waals surface area (Å²) in [4.78, 5) is 15.3. The number of para-hydroxylation sites is 4. The first-order valence-electron chi connectivity index (χ1n) is 18.8. The highest BCUT2D eigenvalue weighted by Crippen LogP contribution is 2.41. The molecule has 0 amide bonds. The quantitative estimate of drug-likeness (QED) is 0.172. The van der Waals surface area contributed by atoms with Crippen molar-refractivity contribution in [3.8, 4) is 62.1 Å². The molecule has 3 aromatic heterocycles. The Morgan fingerprint density at radius 2 is 0.804 bits per heavy atom. The van der Waals surface area contributed by atoms with Gasteiger partial charge in [0, 0.05) is 55.0 Å². The molecule has 0 fully saturated rings. The van der Waals surface area contributed by atoms with Crippen LogP contribution in [0.25, 0.3) is 106 Å². The van der Waals surface area contributed by atoms with Gasteiger partial charge in [0.2, 0.25) is 0 Å². The monoisotopic (exact) mass is 716 g/mol. The Morgan fingerprint density at radius 1 is 0.321 bits per heavy atom. The zero-order valence-electron chi connectivity index (χ0n) is 30.2. The molecule has 262 valence electrons. The van der Waals surface area contributed by atoms with Crippen LogP contribution in [-0.2, 0) is 0 Å². The molecule has 5 nitrogen and oxygen atoms in total. The van der Waals surface area contributed by atoms with E-state index < -0.39 is 0 Å². The van der Waals surface area contributed by atoms with Crippen LogP contribution in [0.15, 0.2) is 199 Å². The molecular weight excluding hydrogens is 685 g/mol. The fraction of sp³-hybridized carbons (Fsp3) is 0. The molecule has 0 spiro atoms. The Morgan fingerprint density at radius 3 is 1.50 bits per heavy atom. The Kier molecular flexibility index (Phi) is 7.42. The first-order chi connectivity index (χ1) is 27.8.